The first-order valence-corrected chi connectivity index (χ1v) is 11.3. The minimum atomic E-state index is -2.38. The van der Waals surface area contributed by atoms with Crippen molar-refractivity contribution in [1.82, 2.24) is 34.7 Å². The summed E-state index contributed by atoms with van der Waals surface area (Å²) in [7, 11) is -2.38. The Bertz CT molecular complexity index is 1050. The maximum Gasteiger partial charge on any atom is 0.244 e. The molecule has 11 nitrogen and oxygen atoms in total. The topological polar surface area (TPSA) is 130 Å². The number of nitrogens with zero attached hydrogens (tertiary/aromatic N) is 6. The number of likely N-dealkylation sites (tertiary alicyclic amines) is 1. The lowest BCUT2D eigenvalue weighted by Crippen LogP contribution is -2.40. The average Bonchev–Trinajstić information content (AvgIpc) is 3.36. The number of aromatic amines is 1. The standard InChI is InChI=1S/C18H26N8O3S/c1-12(2)10-29-17-16(13-7-20-21-8-13)19-9-15-23-18(24-26(15)17)22-14-3-5-25(6-4-14)11-30(27)28/h7-9,12,14,30H,3-6,10-11H2,1-2H3,(H,20,21)(H,22,24). The molecule has 0 radical (unpaired) electrons. The van der Waals surface area contributed by atoms with Gasteiger partial charge in [-0.1, -0.05) is 13.8 Å². The van der Waals surface area contributed by atoms with Crippen LogP contribution in [-0.4, -0.2) is 74.7 Å². The normalized spacial score (nSPS) is 16.0. The third kappa shape index (κ3) is 4.70. The number of thiol groups is 1. The van der Waals surface area contributed by atoms with Crippen LogP contribution in [0.4, 0.5) is 5.95 Å². The molecule has 0 atom stereocenters. The van der Waals surface area contributed by atoms with E-state index in [2.05, 4.69) is 44.4 Å². The van der Waals surface area contributed by atoms with Gasteiger partial charge in [0.05, 0.1) is 24.9 Å². The van der Waals surface area contributed by atoms with Gasteiger partial charge in [-0.05, 0) is 18.8 Å². The lowest BCUT2D eigenvalue weighted by molar-refractivity contribution is 0.250. The molecule has 1 aliphatic heterocycles. The fourth-order valence-electron chi connectivity index (χ4n) is 3.41. The van der Waals surface area contributed by atoms with Gasteiger partial charge >= 0.3 is 0 Å². The second-order valence-electron chi connectivity index (χ2n) is 7.82. The van der Waals surface area contributed by atoms with Gasteiger partial charge in [0, 0.05) is 30.9 Å². The van der Waals surface area contributed by atoms with Crippen LogP contribution in [0.2, 0.25) is 0 Å². The summed E-state index contributed by atoms with van der Waals surface area (Å²) in [4.78, 5) is 11.0. The molecule has 0 amide bonds. The molecule has 0 aliphatic carbocycles. The van der Waals surface area contributed by atoms with Crippen LogP contribution in [0.3, 0.4) is 0 Å². The fraction of sp³-hybridized carbons (Fsp3) is 0.556. The van der Waals surface area contributed by atoms with Crippen molar-refractivity contribution in [2.45, 2.75) is 32.7 Å². The molecule has 0 spiro atoms. The van der Waals surface area contributed by atoms with Crippen LogP contribution in [0.1, 0.15) is 26.7 Å². The van der Waals surface area contributed by atoms with E-state index < -0.39 is 10.7 Å². The minimum absolute atomic E-state index is 0.119. The van der Waals surface area contributed by atoms with Gasteiger partial charge in [0.2, 0.25) is 11.8 Å². The molecule has 2 N–H and O–H groups in total. The van der Waals surface area contributed by atoms with E-state index in [4.69, 9.17) is 4.74 Å². The van der Waals surface area contributed by atoms with Gasteiger partial charge in [-0.25, -0.2) is 13.4 Å². The van der Waals surface area contributed by atoms with Gasteiger partial charge in [-0.3, -0.25) is 10.00 Å². The molecule has 4 heterocycles. The van der Waals surface area contributed by atoms with Crippen molar-refractivity contribution < 1.29 is 13.2 Å². The van der Waals surface area contributed by atoms with Crippen molar-refractivity contribution in [1.29, 1.82) is 0 Å². The highest BCUT2D eigenvalue weighted by Gasteiger charge is 2.22. The number of hydrogen-bond donors (Lipinski definition) is 3. The maximum absolute atomic E-state index is 10.9. The summed E-state index contributed by atoms with van der Waals surface area (Å²) in [6.45, 7) is 6.13. The number of piperidine rings is 1. The number of ether oxygens (including phenoxy) is 1. The number of rotatable bonds is 8. The molecule has 162 valence electrons. The zero-order valence-electron chi connectivity index (χ0n) is 17.0. The molecule has 30 heavy (non-hydrogen) atoms. The van der Waals surface area contributed by atoms with E-state index in [0.29, 0.717) is 35.7 Å². The number of nitrogens with one attached hydrogen (secondary N) is 2. The highest BCUT2D eigenvalue weighted by molar-refractivity contribution is 7.72. The summed E-state index contributed by atoms with van der Waals surface area (Å²) in [5.74, 6) is 1.49. The molecule has 0 unspecified atom stereocenters. The van der Waals surface area contributed by atoms with Gasteiger partial charge in [-0.15, -0.1) is 5.10 Å². The van der Waals surface area contributed by atoms with Crippen LogP contribution in [0, 0.1) is 5.92 Å². The van der Waals surface area contributed by atoms with E-state index in [1.165, 1.54) is 0 Å². The van der Waals surface area contributed by atoms with Crippen molar-refractivity contribution in [2.75, 3.05) is 30.9 Å². The van der Waals surface area contributed by atoms with E-state index in [-0.39, 0.29) is 11.9 Å². The molecule has 1 aliphatic rings. The highest BCUT2D eigenvalue weighted by Crippen LogP contribution is 2.28. The first kappa shape index (κ1) is 20.5. The Morgan fingerprint density at radius 1 is 1.30 bits per heavy atom. The molecule has 3 aromatic rings. The number of anilines is 1. The highest BCUT2D eigenvalue weighted by atomic mass is 32.2. The van der Waals surface area contributed by atoms with E-state index in [1.807, 2.05) is 4.90 Å². The van der Waals surface area contributed by atoms with Gasteiger partial charge in [0.15, 0.2) is 16.4 Å². The average molecular weight is 435 g/mol. The van der Waals surface area contributed by atoms with Crippen molar-refractivity contribution in [2.24, 2.45) is 5.92 Å². The van der Waals surface area contributed by atoms with E-state index in [0.717, 1.165) is 31.5 Å². The zero-order chi connectivity index (χ0) is 21.1. The van der Waals surface area contributed by atoms with Crippen LogP contribution in [0.15, 0.2) is 18.6 Å². The molecule has 0 saturated carbocycles. The van der Waals surface area contributed by atoms with Crippen molar-refractivity contribution in [3.05, 3.63) is 18.6 Å². The zero-order valence-corrected chi connectivity index (χ0v) is 17.9. The molecule has 0 aromatic carbocycles. The van der Waals surface area contributed by atoms with Crippen molar-refractivity contribution >= 4 is 22.3 Å². The molecule has 1 saturated heterocycles. The van der Waals surface area contributed by atoms with Crippen molar-refractivity contribution in [3.63, 3.8) is 0 Å². The Morgan fingerprint density at radius 2 is 2.10 bits per heavy atom. The van der Waals surface area contributed by atoms with Crippen LogP contribution >= 0.6 is 0 Å². The van der Waals surface area contributed by atoms with Gasteiger partial charge in [-0.2, -0.15) is 14.6 Å². The van der Waals surface area contributed by atoms with Crippen molar-refractivity contribution in [3.8, 4) is 17.1 Å². The Morgan fingerprint density at radius 3 is 2.77 bits per heavy atom. The number of aromatic nitrogens is 6. The molecule has 4 rings (SSSR count). The largest absolute Gasteiger partial charge is 0.476 e. The second kappa shape index (κ2) is 8.96. The molecule has 0 bridgehead atoms. The number of fused-ring (bicyclic) bond motifs is 1. The lowest BCUT2D eigenvalue weighted by Gasteiger charge is -2.30. The Labute approximate surface area is 175 Å². The van der Waals surface area contributed by atoms with Crippen LogP contribution in [0.25, 0.3) is 16.9 Å². The lowest BCUT2D eigenvalue weighted by atomic mass is 10.1. The summed E-state index contributed by atoms with van der Waals surface area (Å²) in [6, 6.07) is 0.185. The van der Waals surface area contributed by atoms with Gasteiger partial charge in [0.1, 0.15) is 5.69 Å². The third-order valence-electron chi connectivity index (χ3n) is 4.90. The monoisotopic (exact) mass is 434 g/mol. The Kier molecular flexibility index (Phi) is 6.13. The predicted molar refractivity (Wildman–Crippen MR) is 112 cm³/mol. The summed E-state index contributed by atoms with van der Waals surface area (Å²) in [5.41, 5.74) is 2.04. The molecular weight excluding hydrogens is 408 g/mol. The first-order valence-electron chi connectivity index (χ1n) is 9.98. The summed E-state index contributed by atoms with van der Waals surface area (Å²) in [5, 5.41) is 14.8. The van der Waals surface area contributed by atoms with E-state index in [1.54, 1.807) is 23.1 Å². The van der Waals surface area contributed by atoms with Crippen LogP contribution in [-0.2, 0) is 10.7 Å². The third-order valence-corrected chi connectivity index (χ3v) is 5.53. The summed E-state index contributed by atoms with van der Waals surface area (Å²) < 4.78 is 29.5. The quantitative estimate of drug-likeness (QED) is 0.444. The fourth-order valence-corrected chi connectivity index (χ4v) is 4.02. The second-order valence-corrected chi connectivity index (χ2v) is 8.77. The van der Waals surface area contributed by atoms with Gasteiger partial charge in [0.25, 0.3) is 0 Å². The van der Waals surface area contributed by atoms with E-state index >= 15 is 0 Å². The smallest absolute Gasteiger partial charge is 0.244 e. The Hall–Kier alpha value is -2.73. The molecule has 1 fully saturated rings. The van der Waals surface area contributed by atoms with Crippen LogP contribution < -0.4 is 10.1 Å². The molecule has 12 heteroatoms. The predicted octanol–water partition coefficient (Wildman–Crippen LogP) is 0.994. The van der Waals surface area contributed by atoms with E-state index in [9.17, 15) is 8.42 Å². The summed E-state index contributed by atoms with van der Waals surface area (Å²) >= 11 is 0. The Balaban J connectivity index is 1.55. The summed E-state index contributed by atoms with van der Waals surface area (Å²) in [6.07, 6.45) is 6.77. The van der Waals surface area contributed by atoms with Crippen LogP contribution in [0.5, 0.6) is 5.88 Å². The number of H-pyrrole nitrogens is 1. The molecule has 3 aromatic heterocycles. The minimum Gasteiger partial charge on any atom is -0.476 e. The maximum atomic E-state index is 10.9. The SMILES string of the molecule is CC(C)COc1c(-c2cn[nH]c2)ncc2nc(NC3CCN(C[SH](=O)=O)CC3)nn12. The molecular formula is C18H26N8O3S. The first-order chi connectivity index (χ1) is 14.5. The van der Waals surface area contributed by atoms with Gasteiger partial charge < -0.3 is 10.1 Å². The number of hydrogen-bond acceptors (Lipinski definition) is 9.